The van der Waals surface area contributed by atoms with Crippen LogP contribution in [0, 0.1) is 6.92 Å². The van der Waals surface area contributed by atoms with Gasteiger partial charge in [-0.3, -0.25) is 0 Å². The van der Waals surface area contributed by atoms with Crippen molar-refractivity contribution in [3.63, 3.8) is 0 Å². The Balaban J connectivity index is 2.38. The molecule has 0 spiro atoms. The summed E-state index contributed by atoms with van der Waals surface area (Å²) in [6.45, 7) is 6.19. The van der Waals surface area contributed by atoms with Crippen LogP contribution in [0.5, 0.6) is 0 Å². The molecule has 4 nitrogen and oxygen atoms in total. The number of benzene rings is 1. The molecule has 0 saturated carbocycles. The highest BCUT2D eigenvalue weighted by atomic mass is 15.2. The molecule has 100 valence electrons. The fourth-order valence-corrected chi connectivity index (χ4v) is 1.80. The van der Waals surface area contributed by atoms with Crippen molar-refractivity contribution < 1.29 is 0 Å². The van der Waals surface area contributed by atoms with E-state index in [0.717, 1.165) is 17.3 Å². The van der Waals surface area contributed by atoms with Gasteiger partial charge in [-0.1, -0.05) is 31.5 Å². The Labute approximate surface area is 114 Å². The predicted molar refractivity (Wildman–Crippen MR) is 79.8 cm³/mol. The average Bonchev–Trinajstić information content (AvgIpc) is 2.38. The molecule has 0 aliphatic carbocycles. The number of aromatic nitrogens is 2. The van der Waals surface area contributed by atoms with Gasteiger partial charge in [0.1, 0.15) is 17.5 Å². The maximum absolute atomic E-state index is 5.86. The van der Waals surface area contributed by atoms with Gasteiger partial charge in [-0.2, -0.15) is 0 Å². The summed E-state index contributed by atoms with van der Waals surface area (Å²) in [5.41, 5.74) is 8.18. The van der Waals surface area contributed by atoms with Gasteiger partial charge in [0.05, 0.1) is 0 Å². The first-order valence-corrected chi connectivity index (χ1v) is 6.42. The second-order valence-corrected chi connectivity index (χ2v) is 5.06. The van der Waals surface area contributed by atoms with Gasteiger partial charge >= 0.3 is 0 Å². The Bertz CT molecular complexity index is 561. The zero-order valence-corrected chi connectivity index (χ0v) is 11.9. The number of nitrogen functional groups attached to an aromatic ring is 1. The second-order valence-electron chi connectivity index (χ2n) is 5.06. The highest BCUT2D eigenvalue weighted by molar-refractivity contribution is 5.61. The predicted octanol–water partition coefficient (Wildman–Crippen LogP) is 3.26. The number of nitrogens with two attached hydrogens (primary N) is 1. The zero-order chi connectivity index (χ0) is 14.0. The van der Waals surface area contributed by atoms with E-state index in [-0.39, 0.29) is 5.92 Å². The fourth-order valence-electron chi connectivity index (χ4n) is 1.80. The van der Waals surface area contributed by atoms with E-state index >= 15 is 0 Å². The third-order valence-corrected chi connectivity index (χ3v) is 3.03. The van der Waals surface area contributed by atoms with Crippen molar-refractivity contribution in [2.75, 3.05) is 17.7 Å². The number of anilines is 3. The summed E-state index contributed by atoms with van der Waals surface area (Å²) in [4.78, 5) is 10.8. The Morgan fingerprint density at radius 1 is 1.11 bits per heavy atom. The molecule has 0 atom stereocenters. The van der Waals surface area contributed by atoms with Crippen molar-refractivity contribution in [1.82, 2.24) is 9.97 Å². The van der Waals surface area contributed by atoms with E-state index in [1.54, 1.807) is 6.07 Å². The van der Waals surface area contributed by atoms with Crippen LogP contribution in [0.15, 0.2) is 30.3 Å². The first-order valence-electron chi connectivity index (χ1n) is 6.42. The summed E-state index contributed by atoms with van der Waals surface area (Å²) in [5, 5.41) is 0. The molecule has 0 bridgehead atoms. The minimum absolute atomic E-state index is 0.258. The SMILES string of the molecule is Cc1ccc(N(C)c2cc(N)nc(C(C)C)n2)cc1. The molecular weight excluding hydrogens is 236 g/mol. The highest BCUT2D eigenvalue weighted by Crippen LogP contribution is 2.24. The zero-order valence-electron chi connectivity index (χ0n) is 11.9. The Kier molecular flexibility index (Phi) is 3.69. The van der Waals surface area contributed by atoms with Crippen LogP contribution >= 0.6 is 0 Å². The minimum Gasteiger partial charge on any atom is -0.384 e. The molecule has 1 heterocycles. The number of aryl methyl sites for hydroxylation is 1. The molecule has 0 fully saturated rings. The smallest absolute Gasteiger partial charge is 0.138 e. The molecule has 0 radical (unpaired) electrons. The molecule has 4 heteroatoms. The van der Waals surface area contributed by atoms with Crippen LogP contribution in [0.1, 0.15) is 31.2 Å². The van der Waals surface area contributed by atoms with Gasteiger partial charge in [0.15, 0.2) is 0 Å². The topological polar surface area (TPSA) is 55.0 Å². The summed E-state index contributed by atoms with van der Waals surface area (Å²) < 4.78 is 0. The summed E-state index contributed by atoms with van der Waals surface area (Å²) in [6, 6.07) is 10.1. The summed E-state index contributed by atoms with van der Waals surface area (Å²) in [5.74, 6) is 2.36. The lowest BCUT2D eigenvalue weighted by atomic mass is 10.2. The number of nitrogens with zero attached hydrogens (tertiary/aromatic N) is 3. The Morgan fingerprint density at radius 2 is 1.74 bits per heavy atom. The lowest BCUT2D eigenvalue weighted by Crippen LogP contribution is -2.14. The van der Waals surface area contributed by atoms with Crippen LogP contribution in [-0.4, -0.2) is 17.0 Å². The number of rotatable bonds is 3. The summed E-state index contributed by atoms with van der Waals surface area (Å²) >= 11 is 0. The van der Waals surface area contributed by atoms with Gasteiger partial charge < -0.3 is 10.6 Å². The first-order chi connectivity index (χ1) is 8.97. The van der Waals surface area contributed by atoms with E-state index in [2.05, 4.69) is 55.0 Å². The fraction of sp³-hybridized carbons (Fsp3) is 0.333. The highest BCUT2D eigenvalue weighted by Gasteiger charge is 2.11. The van der Waals surface area contributed by atoms with Crippen LogP contribution in [0.2, 0.25) is 0 Å². The monoisotopic (exact) mass is 256 g/mol. The van der Waals surface area contributed by atoms with Crippen molar-refractivity contribution in [2.24, 2.45) is 0 Å². The number of hydrogen-bond acceptors (Lipinski definition) is 4. The lowest BCUT2D eigenvalue weighted by Gasteiger charge is -2.20. The van der Waals surface area contributed by atoms with E-state index in [1.807, 2.05) is 11.9 Å². The summed E-state index contributed by atoms with van der Waals surface area (Å²) in [6.07, 6.45) is 0. The van der Waals surface area contributed by atoms with E-state index in [4.69, 9.17) is 5.73 Å². The molecule has 0 aliphatic heterocycles. The van der Waals surface area contributed by atoms with Crippen molar-refractivity contribution >= 4 is 17.3 Å². The summed E-state index contributed by atoms with van der Waals surface area (Å²) in [7, 11) is 1.98. The number of hydrogen-bond donors (Lipinski definition) is 1. The van der Waals surface area contributed by atoms with Crippen LogP contribution in [0.3, 0.4) is 0 Å². The van der Waals surface area contributed by atoms with Crippen molar-refractivity contribution in [3.8, 4) is 0 Å². The van der Waals surface area contributed by atoms with E-state index < -0.39 is 0 Å². The van der Waals surface area contributed by atoms with Crippen LogP contribution < -0.4 is 10.6 Å². The van der Waals surface area contributed by atoms with Crippen LogP contribution in [0.25, 0.3) is 0 Å². The molecule has 19 heavy (non-hydrogen) atoms. The van der Waals surface area contributed by atoms with E-state index in [1.165, 1.54) is 5.56 Å². The molecule has 0 unspecified atom stereocenters. The van der Waals surface area contributed by atoms with Crippen molar-refractivity contribution in [1.29, 1.82) is 0 Å². The minimum atomic E-state index is 0.258. The first kappa shape index (κ1) is 13.3. The molecule has 1 aromatic carbocycles. The van der Waals surface area contributed by atoms with Crippen LogP contribution in [0.4, 0.5) is 17.3 Å². The van der Waals surface area contributed by atoms with Gasteiger partial charge in [-0.05, 0) is 19.1 Å². The Hall–Kier alpha value is -2.10. The third-order valence-electron chi connectivity index (χ3n) is 3.03. The lowest BCUT2D eigenvalue weighted by molar-refractivity contribution is 0.775. The molecular formula is C15H20N4. The third kappa shape index (κ3) is 3.02. The second kappa shape index (κ2) is 5.26. The molecule has 0 saturated heterocycles. The maximum atomic E-state index is 5.86. The maximum Gasteiger partial charge on any atom is 0.138 e. The molecule has 2 rings (SSSR count). The standard InChI is InChI=1S/C15H20N4/c1-10(2)15-17-13(16)9-14(18-15)19(4)12-7-5-11(3)6-8-12/h5-10H,1-4H3,(H2,16,17,18). The quantitative estimate of drug-likeness (QED) is 0.915. The van der Waals surface area contributed by atoms with Gasteiger partial charge in [-0.25, -0.2) is 9.97 Å². The van der Waals surface area contributed by atoms with Gasteiger partial charge in [0.2, 0.25) is 0 Å². The van der Waals surface area contributed by atoms with E-state index in [0.29, 0.717) is 5.82 Å². The molecule has 0 aliphatic rings. The molecule has 0 amide bonds. The van der Waals surface area contributed by atoms with Crippen LogP contribution in [-0.2, 0) is 0 Å². The van der Waals surface area contributed by atoms with Crippen molar-refractivity contribution in [2.45, 2.75) is 26.7 Å². The largest absolute Gasteiger partial charge is 0.384 e. The normalized spacial score (nSPS) is 10.8. The van der Waals surface area contributed by atoms with Gasteiger partial charge in [-0.15, -0.1) is 0 Å². The average molecular weight is 256 g/mol. The van der Waals surface area contributed by atoms with Crippen molar-refractivity contribution in [3.05, 3.63) is 41.7 Å². The van der Waals surface area contributed by atoms with Gasteiger partial charge in [0.25, 0.3) is 0 Å². The van der Waals surface area contributed by atoms with E-state index in [9.17, 15) is 0 Å². The molecule has 1 aromatic heterocycles. The van der Waals surface area contributed by atoms with Gasteiger partial charge in [0, 0.05) is 24.7 Å². The molecule has 2 aromatic rings. The Morgan fingerprint density at radius 3 is 2.32 bits per heavy atom. The molecule has 2 N–H and O–H groups in total.